The maximum atomic E-state index is 13.0. The number of hydrogen-bond donors (Lipinski definition) is 1. The summed E-state index contributed by atoms with van der Waals surface area (Å²) in [6.45, 7) is 4.18. The highest BCUT2D eigenvalue weighted by molar-refractivity contribution is 6.17. The molecule has 0 heterocycles. The normalized spacial score (nSPS) is 11.2. The number of rotatable bonds is 6. The summed E-state index contributed by atoms with van der Waals surface area (Å²) in [6.07, 6.45) is 0.695. The Morgan fingerprint density at radius 3 is 2.70 bits per heavy atom. The lowest BCUT2D eigenvalue weighted by Crippen LogP contribution is -2.34. The average Bonchev–Trinajstić information content (AvgIpc) is 2.35. The number of carbonyl (C=O) groups is 1. The van der Waals surface area contributed by atoms with Crippen LogP contribution in [0.1, 0.15) is 30.6 Å². The third-order valence-corrected chi connectivity index (χ3v) is 3.09. The van der Waals surface area contributed by atoms with Crippen LogP contribution in [0.25, 0.3) is 0 Å². The molecule has 1 aromatic rings. The summed E-state index contributed by atoms with van der Waals surface area (Å²) >= 11 is 5.66. The molecule has 1 rings (SSSR count). The van der Waals surface area contributed by atoms with E-state index in [1.165, 1.54) is 0 Å². The van der Waals surface area contributed by atoms with E-state index >= 15 is 0 Å². The molecule has 1 amide bonds. The van der Waals surface area contributed by atoms with Crippen LogP contribution in [0.4, 0.5) is 10.1 Å². The Balaban J connectivity index is 2.85. The van der Waals surface area contributed by atoms with E-state index in [-0.39, 0.29) is 11.0 Å². The molecule has 1 N–H and O–H groups in total. The lowest BCUT2D eigenvalue weighted by Gasteiger charge is -2.23. The maximum absolute atomic E-state index is 13.0. The van der Waals surface area contributed by atoms with Gasteiger partial charge in [-0.1, -0.05) is 13.8 Å². The second-order valence-electron chi connectivity index (χ2n) is 5.20. The van der Waals surface area contributed by atoms with E-state index in [9.17, 15) is 19.3 Å². The quantitative estimate of drug-likeness (QED) is 0.498. The monoisotopic (exact) mass is 302 g/mol. The van der Waals surface area contributed by atoms with Crippen molar-refractivity contribution in [2.24, 2.45) is 5.41 Å². The van der Waals surface area contributed by atoms with E-state index in [4.69, 9.17) is 11.6 Å². The number of nitrogens with zero attached hydrogens (tertiary/aromatic N) is 1. The number of carbonyl (C=O) groups excluding carboxylic acids is 1. The van der Waals surface area contributed by atoms with Crippen molar-refractivity contribution in [3.05, 3.63) is 39.7 Å². The van der Waals surface area contributed by atoms with E-state index in [2.05, 4.69) is 5.32 Å². The fraction of sp³-hybridized carbons (Fsp3) is 0.462. The Labute approximate surface area is 121 Å². The summed E-state index contributed by atoms with van der Waals surface area (Å²) in [7, 11) is 0. The Hall–Kier alpha value is -1.69. The number of hydrogen-bond acceptors (Lipinski definition) is 3. The predicted octanol–water partition coefficient (Wildman–Crippen LogP) is 3.12. The number of nitro groups is 1. The zero-order valence-corrected chi connectivity index (χ0v) is 12.0. The molecule has 0 bridgehead atoms. The number of benzene rings is 1. The molecule has 20 heavy (non-hydrogen) atoms. The van der Waals surface area contributed by atoms with Crippen LogP contribution in [0.2, 0.25) is 0 Å². The number of halogens is 2. The molecule has 0 aromatic heterocycles. The average molecular weight is 303 g/mol. The van der Waals surface area contributed by atoms with Crippen molar-refractivity contribution in [1.29, 1.82) is 0 Å². The van der Waals surface area contributed by atoms with Gasteiger partial charge in [0.25, 0.3) is 11.6 Å². The summed E-state index contributed by atoms with van der Waals surface area (Å²) in [4.78, 5) is 22.0. The largest absolute Gasteiger partial charge is 0.351 e. The van der Waals surface area contributed by atoms with Crippen LogP contribution in [0.3, 0.4) is 0 Å². The van der Waals surface area contributed by atoms with Crippen LogP contribution in [-0.4, -0.2) is 23.3 Å². The van der Waals surface area contributed by atoms with Crippen molar-refractivity contribution >= 4 is 23.2 Å². The van der Waals surface area contributed by atoms with Crippen LogP contribution in [0.5, 0.6) is 0 Å². The van der Waals surface area contributed by atoms with Crippen LogP contribution in [-0.2, 0) is 0 Å². The zero-order valence-electron chi connectivity index (χ0n) is 11.3. The summed E-state index contributed by atoms with van der Waals surface area (Å²) in [5.74, 6) is -0.894. The standard InChI is InChI=1S/C13H16ClFN2O3/c1-13(2,5-6-14)8-16-12(18)10-4-3-9(15)7-11(10)17(19)20/h3-4,7H,5-6,8H2,1-2H3,(H,16,18). The van der Waals surface area contributed by atoms with Gasteiger partial charge in [0.15, 0.2) is 0 Å². The molecule has 7 heteroatoms. The van der Waals surface area contributed by atoms with Gasteiger partial charge in [-0.05, 0) is 24.0 Å². The van der Waals surface area contributed by atoms with Gasteiger partial charge in [0.05, 0.1) is 11.0 Å². The number of nitro benzene ring substituents is 1. The summed E-state index contributed by atoms with van der Waals surface area (Å²) in [5.41, 5.74) is -0.914. The molecule has 110 valence electrons. The first-order chi connectivity index (χ1) is 9.26. The number of nitrogens with one attached hydrogen (secondary N) is 1. The molecule has 1 aromatic carbocycles. The molecule has 0 aliphatic heterocycles. The Kier molecular flexibility index (Phi) is 5.44. The summed E-state index contributed by atoms with van der Waals surface area (Å²) in [6, 6.07) is 2.86. The van der Waals surface area contributed by atoms with E-state index in [0.717, 1.165) is 18.2 Å². The van der Waals surface area contributed by atoms with Crippen molar-refractivity contribution < 1.29 is 14.1 Å². The first-order valence-corrected chi connectivity index (χ1v) is 6.58. The highest BCUT2D eigenvalue weighted by Crippen LogP contribution is 2.22. The van der Waals surface area contributed by atoms with E-state index in [1.807, 2.05) is 13.8 Å². The maximum Gasteiger partial charge on any atom is 0.285 e. The van der Waals surface area contributed by atoms with Crippen molar-refractivity contribution in [2.45, 2.75) is 20.3 Å². The Morgan fingerprint density at radius 1 is 1.50 bits per heavy atom. The van der Waals surface area contributed by atoms with E-state index < -0.39 is 22.3 Å². The van der Waals surface area contributed by atoms with Crippen molar-refractivity contribution in [2.75, 3.05) is 12.4 Å². The Morgan fingerprint density at radius 2 is 2.15 bits per heavy atom. The van der Waals surface area contributed by atoms with Gasteiger partial charge in [-0.25, -0.2) is 4.39 Å². The third kappa shape index (κ3) is 4.45. The van der Waals surface area contributed by atoms with Gasteiger partial charge >= 0.3 is 0 Å². The lowest BCUT2D eigenvalue weighted by atomic mass is 9.90. The molecular weight excluding hydrogens is 287 g/mol. The first-order valence-electron chi connectivity index (χ1n) is 6.05. The number of amides is 1. The fourth-order valence-corrected chi connectivity index (χ4v) is 2.12. The van der Waals surface area contributed by atoms with Crippen LogP contribution in [0, 0.1) is 21.3 Å². The highest BCUT2D eigenvalue weighted by atomic mass is 35.5. The molecule has 0 radical (unpaired) electrons. The molecule has 0 aliphatic carbocycles. The van der Waals surface area contributed by atoms with E-state index in [0.29, 0.717) is 18.8 Å². The molecule has 0 saturated carbocycles. The molecule has 0 atom stereocenters. The van der Waals surface area contributed by atoms with Crippen molar-refractivity contribution in [1.82, 2.24) is 5.32 Å². The summed E-state index contributed by atoms with van der Waals surface area (Å²) < 4.78 is 13.0. The second-order valence-corrected chi connectivity index (χ2v) is 5.58. The SMILES string of the molecule is CC(C)(CCCl)CNC(=O)c1ccc(F)cc1[N+](=O)[O-]. The van der Waals surface area contributed by atoms with Gasteiger partial charge in [0.2, 0.25) is 0 Å². The molecular formula is C13H16ClFN2O3. The van der Waals surface area contributed by atoms with Gasteiger partial charge in [0, 0.05) is 12.4 Å². The lowest BCUT2D eigenvalue weighted by molar-refractivity contribution is -0.385. The van der Waals surface area contributed by atoms with Gasteiger partial charge in [0.1, 0.15) is 11.4 Å². The molecule has 0 saturated heterocycles. The van der Waals surface area contributed by atoms with Gasteiger partial charge in [-0.2, -0.15) is 0 Å². The molecule has 0 aliphatic rings. The van der Waals surface area contributed by atoms with Crippen LogP contribution >= 0.6 is 11.6 Å². The molecule has 0 fully saturated rings. The van der Waals surface area contributed by atoms with Gasteiger partial charge in [-0.3, -0.25) is 14.9 Å². The molecule has 0 unspecified atom stereocenters. The van der Waals surface area contributed by atoms with Gasteiger partial charge in [-0.15, -0.1) is 11.6 Å². The second kappa shape index (κ2) is 6.65. The summed E-state index contributed by atoms with van der Waals surface area (Å²) in [5, 5.41) is 13.4. The molecule has 5 nitrogen and oxygen atoms in total. The van der Waals surface area contributed by atoms with Gasteiger partial charge < -0.3 is 5.32 Å². The Bertz CT molecular complexity index is 520. The number of alkyl halides is 1. The fourth-order valence-electron chi connectivity index (χ4n) is 1.61. The van der Waals surface area contributed by atoms with Crippen molar-refractivity contribution in [3.63, 3.8) is 0 Å². The van der Waals surface area contributed by atoms with Crippen LogP contribution < -0.4 is 5.32 Å². The minimum Gasteiger partial charge on any atom is -0.351 e. The van der Waals surface area contributed by atoms with Crippen LogP contribution in [0.15, 0.2) is 18.2 Å². The minimum atomic E-state index is -0.776. The predicted molar refractivity (Wildman–Crippen MR) is 74.5 cm³/mol. The molecule has 0 spiro atoms. The van der Waals surface area contributed by atoms with Crippen molar-refractivity contribution in [3.8, 4) is 0 Å². The third-order valence-electron chi connectivity index (χ3n) is 2.90. The first kappa shape index (κ1) is 16.4. The highest BCUT2D eigenvalue weighted by Gasteiger charge is 2.23. The van der Waals surface area contributed by atoms with E-state index in [1.54, 1.807) is 0 Å². The smallest absolute Gasteiger partial charge is 0.285 e. The minimum absolute atomic E-state index is 0.155. The zero-order chi connectivity index (χ0) is 15.3. The topological polar surface area (TPSA) is 72.2 Å².